The molecule has 5 nitrogen and oxygen atoms in total. The number of hydrogen-bond donors (Lipinski definition) is 2. The third-order valence-electron chi connectivity index (χ3n) is 4.77. The summed E-state index contributed by atoms with van der Waals surface area (Å²) in [7, 11) is 1.66. The van der Waals surface area contributed by atoms with Crippen LogP contribution in [0.1, 0.15) is 32.3 Å². The molecule has 1 aromatic carbocycles. The van der Waals surface area contributed by atoms with Crippen LogP contribution in [0.5, 0.6) is 5.75 Å². The molecule has 1 aliphatic heterocycles. The number of methoxy groups -OCH3 is 1. The van der Waals surface area contributed by atoms with Gasteiger partial charge >= 0.3 is 6.03 Å². The van der Waals surface area contributed by atoms with Gasteiger partial charge in [0, 0.05) is 25.6 Å². The van der Waals surface area contributed by atoms with Gasteiger partial charge in [0.2, 0.25) is 0 Å². The second-order valence-electron chi connectivity index (χ2n) is 6.93. The average Bonchev–Trinajstić information content (AvgIpc) is 2.60. The average molecular weight is 334 g/mol. The van der Waals surface area contributed by atoms with Crippen molar-refractivity contribution in [1.29, 1.82) is 0 Å². The Morgan fingerprint density at radius 3 is 2.71 bits per heavy atom. The van der Waals surface area contributed by atoms with Crippen LogP contribution in [0, 0.1) is 11.8 Å². The number of ether oxygens (including phenoxy) is 1. The summed E-state index contributed by atoms with van der Waals surface area (Å²) in [6.07, 6.45) is 2.52. The first kappa shape index (κ1) is 18.6. The van der Waals surface area contributed by atoms with Crippen LogP contribution < -0.4 is 10.1 Å². The quantitative estimate of drug-likeness (QED) is 0.841. The summed E-state index contributed by atoms with van der Waals surface area (Å²) >= 11 is 0. The summed E-state index contributed by atoms with van der Waals surface area (Å²) in [5.74, 6) is 1.42. The molecule has 1 aromatic rings. The molecule has 0 radical (unpaired) electrons. The van der Waals surface area contributed by atoms with Crippen LogP contribution >= 0.6 is 0 Å². The lowest BCUT2D eigenvalue weighted by molar-refractivity contribution is 0.0737. The Morgan fingerprint density at radius 2 is 2.08 bits per heavy atom. The fourth-order valence-corrected chi connectivity index (χ4v) is 3.20. The molecule has 24 heavy (non-hydrogen) atoms. The molecular weight excluding hydrogens is 304 g/mol. The number of rotatable bonds is 6. The van der Waals surface area contributed by atoms with Gasteiger partial charge in [-0.25, -0.2) is 4.79 Å². The van der Waals surface area contributed by atoms with Crippen LogP contribution in [-0.4, -0.2) is 48.9 Å². The number of hydrogen-bond acceptors (Lipinski definition) is 3. The van der Waals surface area contributed by atoms with E-state index in [1.54, 1.807) is 7.11 Å². The van der Waals surface area contributed by atoms with Gasteiger partial charge in [-0.15, -0.1) is 0 Å². The van der Waals surface area contributed by atoms with E-state index < -0.39 is 0 Å². The zero-order valence-electron chi connectivity index (χ0n) is 15.0. The van der Waals surface area contributed by atoms with Crippen LogP contribution in [0.15, 0.2) is 24.3 Å². The molecule has 3 atom stereocenters. The van der Waals surface area contributed by atoms with Crippen molar-refractivity contribution in [1.82, 2.24) is 10.2 Å². The summed E-state index contributed by atoms with van der Waals surface area (Å²) < 4.78 is 5.17. The van der Waals surface area contributed by atoms with E-state index in [1.165, 1.54) is 5.56 Å². The minimum atomic E-state index is -0.352. The molecule has 2 amide bonds. The van der Waals surface area contributed by atoms with Crippen LogP contribution in [-0.2, 0) is 6.42 Å². The Kier molecular flexibility index (Phi) is 6.91. The smallest absolute Gasteiger partial charge is 0.317 e. The summed E-state index contributed by atoms with van der Waals surface area (Å²) in [6.45, 7) is 6.03. The SMILES string of the molecule is COc1ccc(CC(C)CNC(=O)N2CCCC(C(C)O)C2)cc1. The zero-order chi connectivity index (χ0) is 17.5. The predicted octanol–water partition coefficient (Wildman–Crippen LogP) is 2.68. The van der Waals surface area contributed by atoms with Crippen molar-refractivity contribution in [2.75, 3.05) is 26.7 Å². The lowest BCUT2D eigenvalue weighted by Crippen LogP contribution is -2.48. The highest BCUT2D eigenvalue weighted by molar-refractivity contribution is 5.74. The van der Waals surface area contributed by atoms with Crippen molar-refractivity contribution in [2.24, 2.45) is 11.8 Å². The van der Waals surface area contributed by atoms with Crippen molar-refractivity contribution >= 4 is 6.03 Å². The number of nitrogens with zero attached hydrogens (tertiary/aromatic N) is 1. The van der Waals surface area contributed by atoms with E-state index >= 15 is 0 Å². The third kappa shape index (κ3) is 5.41. The molecule has 2 N–H and O–H groups in total. The second-order valence-corrected chi connectivity index (χ2v) is 6.93. The van der Waals surface area contributed by atoms with Crippen LogP contribution in [0.4, 0.5) is 4.79 Å². The van der Waals surface area contributed by atoms with Gasteiger partial charge in [-0.05, 0) is 49.8 Å². The monoisotopic (exact) mass is 334 g/mol. The van der Waals surface area contributed by atoms with Gasteiger partial charge in [-0.2, -0.15) is 0 Å². The van der Waals surface area contributed by atoms with Crippen LogP contribution in [0.25, 0.3) is 0 Å². The molecule has 0 spiro atoms. The maximum Gasteiger partial charge on any atom is 0.317 e. The number of aliphatic hydroxyl groups excluding tert-OH is 1. The van der Waals surface area contributed by atoms with Crippen molar-refractivity contribution in [3.8, 4) is 5.75 Å². The highest BCUT2D eigenvalue weighted by atomic mass is 16.5. The van der Waals surface area contributed by atoms with Gasteiger partial charge < -0.3 is 20.1 Å². The number of nitrogens with one attached hydrogen (secondary N) is 1. The number of carbonyl (C=O) groups is 1. The Bertz CT molecular complexity index is 516. The fraction of sp³-hybridized carbons (Fsp3) is 0.632. The van der Waals surface area contributed by atoms with Crippen molar-refractivity contribution in [3.63, 3.8) is 0 Å². The predicted molar refractivity (Wildman–Crippen MR) is 95.2 cm³/mol. The number of benzene rings is 1. The first-order valence-corrected chi connectivity index (χ1v) is 8.83. The summed E-state index contributed by atoms with van der Waals surface area (Å²) in [5.41, 5.74) is 1.24. The third-order valence-corrected chi connectivity index (χ3v) is 4.77. The number of carbonyl (C=O) groups excluding carboxylic acids is 1. The minimum Gasteiger partial charge on any atom is -0.497 e. The van der Waals surface area contributed by atoms with E-state index in [0.29, 0.717) is 19.0 Å². The van der Waals surface area contributed by atoms with Gasteiger partial charge in [0.25, 0.3) is 0 Å². The number of likely N-dealkylation sites (tertiary alicyclic amines) is 1. The topological polar surface area (TPSA) is 61.8 Å². The van der Waals surface area contributed by atoms with E-state index in [1.807, 2.05) is 24.0 Å². The second kappa shape index (κ2) is 8.92. The van der Waals surface area contributed by atoms with E-state index in [9.17, 15) is 9.90 Å². The standard InChI is InChI=1S/C19H30N2O3/c1-14(11-16-6-8-18(24-3)9-7-16)12-20-19(23)21-10-4-5-17(13-21)15(2)22/h6-9,14-15,17,22H,4-5,10-13H2,1-3H3,(H,20,23). The Balaban J connectivity index is 1.76. The first-order chi connectivity index (χ1) is 11.5. The number of piperidine rings is 1. The highest BCUT2D eigenvalue weighted by Gasteiger charge is 2.26. The number of aliphatic hydroxyl groups is 1. The molecule has 0 bridgehead atoms. The molecule has 1 aliphatic rings. The Morgan fingerprint density at radius 1 is 1.38 bits per heavy atom. The van der Waals surface area contributed by atoms with Crippen LogP contribution in [0.2, 0.25) is 0 Å². The summed E-state index contributed by atoms with van der Waals surface area (Å²) in [5, 5.41) is 12.8. The van der Waals surface area contributed by atoms with Gasteiger partial charge in [0.15, 0.2) is 0 Å². The Labute approximate surface area is 145 Å². The van der Waals surface area contributed by atoms with Gasteiger partial charge in [-0.1, -0.05) is 19.1 Å². The molecule has 0 aromatic heterocycles. The van der Waals surface area contributed by atoms with Crippen molar-refractivity contribution < 1.29 is 14.6 Å². The van der Waals surface area contributed by atoms with Gasteiger partial charge in [0.1, 0.15) is 5.75 Å². The lowest BCUT2D eigenvalue weighted by atomic mass is 9.94. The zero-order valence-corrected chi connectivity index (χ0v) is 15.0. The largest absolute Gasteiger partial charge is 0.497 e. The molecule has 5 heteroatoms. The van der Waals surface area contributed by atoms with Crippen molar-refractivity contribution in [2.45, 2.75) is 39.2 Å². The normalized spacial score (nSPS) is 20.3. The van der Waals surface area contributed by atoms with Gasteiger partial charge in [-0.3, -0.25) is 0 Å². The lowest BCUT2D eigenvalue weighted by Gasteiger charge is -2.34. The van der Waals surface area contributed by atoms with Crippen LogP contribution in [0.3, 0.4) is 0 Å². The summed E-state index contributed by atoms with van der Waals surface area (Å²) in [4.78, 5) is 14.2. The molecule has 1 heterocycles. The maximum atomic E-state index is 12.3. The molecule has 3 unspecified atom stereocenters. The molecule has 1 fully saturated rings. The van der Waals surface area contributed by atoms with E-state index in [2.05, 4.69) is 24.4 Å². The minimum absolute atomic E-state index is 0.0121. The number of amides is 2. The highest BCUT2D eigenvalue weighted by Crippen LogP contribution is 2.20. The fourth-order valence-electron chi connectivity index (χ4n) is 3.20. The van der Waals surface area contributed by atoms with Gasteiger partial charge in [0.05, 0.1) is 13.2 Å². The molecule has 2 rings (SSSR count). The molecular formula is C19H30N2O3. The van der Waals surface area contributed by atoms with E-state index in [-0.39, 0.29) is 18.1 Å². The molecule has 0 saturated carbocycles. The Hall–Kier alpha value is -1.75. The summed E-state index contributed by atoms with van der Waals surface area (Å²) in [6, 6.07) is 8.04. The van der Waals surface area contributed by atoms with E-state index in [0.717, 1.165) is 31.6 Å². The first-order valence-electron chi connectivity index (χ1n) is 8.83. The van der Waals surface area contributed by atoms with E-state index in [4.69, 9.17) is 4.74 Å². The molecule has 1 saturated heterocycles. The molecule has 134 valence electrons. The number of urea groups is 1. The molecule has 0 aliphatic carbocycles. The maximum absolute atomic E-state index is 12.3. The van der Waals surface area contributed by atoms with Crippen molar-refractivity contribution in [3.05, 3.63) is 29.8 Å².